The van der Waals surface area contributed by atoms with Gasteiger partial charge in [-0.15, -0.1) is 10.2 Å². The number of anilines is 1. The van der Waals surface area contributed by atoms with Crippen LogP contribution in [0.15, 0.2) is 47.0 Å². The Balaban J connectivity index is 1.41. The van der Waals surface area contributed by atoms with E-state index in [1.54, 1.807) is 6.07 Å². The number of rotatable bonds is 2. The zero-order chi connectivity index (χ0) is 15.4. The molecule has 5 rings (SSSR count). The van der Waals surface area contributed by atoms with Gasteiger partial charge in [0.1, 0.15) is 11.3 Å². The van der Waals surface area contributed by atoms with Gasteiger partial charge >= 0.3 is 0 Å². The Labute approximate surface area is 136 Å². The molecule has 0 radical (unpaired) electrons. The van der Waals surface area contributed by atoms with Gasteiger partial charge in [-0.05, 0) is 24.3 Å². The highest BCUT2D eigenvalue weighted by atomic mass is 35.5. The fourth-order valence-corrected chi connectivity index (χ4v) is 3.12. The zero-order valence-electron chi connectivity index (χ0n) is 12.1. The molecule has 0 atom stereocenters. The second kappa shape index (κ2) is 4.70. The van der Waals surface area contributed by atoms with E-state index < -0.39 is 0 Å². The minimum atomic E-state index is 0.325. The second-order valence-electron chi connectivity index (χ2n) is 5.70. The van der Waals surface area contributed by atoms with E-state index in [0.717, 1.165) is 30.1 Å². The smallest absolute Gasteiger partial charge is 0.298 e. The van der Waals surface area contributed by atoms with Crippen LogP contribution in [-0.2, 0) is 0 Å². The highest BCUT2D eigenvalue weighted by Gasteiger charge is 2.34. The normalized spacial score (nSPS) is 15.4. The predicted octanol–water partition coefficient (Wildman–Crippen LogP) is 3.13. The lowest BCUT2D eigenvalue weighted by molar-refractivity contribution is 0.447. The Morgan fingerprint density at radius 3 is 2.96 bits per heavy atom. The number of aromatic nitrogens is 4. The molecular weight excluding hydrogens is 314 g/mol. The molecule has 114 valence electrons. The number of halogens is 1. The number of oxazole rings is 1. The summed E-state index contributed by atoms with van der Waals surface area (Å²) in [5.41, 5.74) is 2.40. The molecule has 6 nitrogen and oxygen atoms in total. The van der Waals surface area contributed by atoms with Crippen LogP contribution < -0.4 is 4.90 Å². The van der Waals surface area contributed by atoms with Crippen LogP contribution in [-0.4, -0.2) is 32.7 Å². The van der Waals surface area contributed by atoms with Gasteiger partial charge in [-0.25, -0.2) is 0 Å². The number of fused-ring (bicyclic) bond motifs is 2. The highest BCUT2D eigenvalue weighted by Crippen LogP contribution is 2.32. The predicted molar refractivity (Wildman–Crippen MR) is 87.0 cm³/mol. The molecule has 1 saturated heterocycles. The molecule has 0 aliphatic carbocycles. The first kappa shape index (κ1) is 12.9. The minimum Gasteiger partial charge on any atom is -0.423 e. The van der Waals surface area contributed by atoms with E-state index in [-0.39, 0.29) is 0 Å². The van der Waals surface area contributed by atoms with Crippen LogP contribution in [0.5, 0.6) is 0 Å². The summed E-state index contributed by atoms with van der Waals surface area (Å²) in [6.45, 7) is 1.63. The number of hydrogen-bond acceptors (Lipinski definition) is 5. The van der Waals surface area contributed by atoms with Gasteiger partial charge in [0.25, 0.3) is 6.01 Å². The standard InChI is InChI=1S/C16H12ClN5O/c17-11-4-5-12-13(7-11)23-16(18-12)21-8-10(9-21)15-20-19-14-3-1-2-6-22(14)15/h1-7,10H,8-9H2. The van der Waals surface area contributed by atoms with Gasteiger partial charge in [-0.3, -0.25) is 4.40 Å². The number of pyridine rings is 1. The van der Waals surface area contributed by atoms with Crippen molar-refractivity contribution in [2.24, 2.45) is 0 Å². The third-order valence-corrected chi connectivity index (χ3v) is 4.43. The van der Waals surface area contributed by atoms with Crippen molar-refractivity contribution in [2.75, 3.05) is 18.0 Å². The van der Waals surface area contributed by atoms with Crippen molar-refractivity contribution in [3.8, 4) is 0 Å². The molecule has 0 amide bonds. The lowest BCUT2D eigenvalue weighted by Gasteiger charge is -2.36. The van der Waals surface area contributed by atoms with Gasteiger partial charge in [0.15, 0.2) is 11.2 Å². The SMILES string of the molecule is Clc1ccc2nc(N3CC(c4nnc5ccccn45)C3)oc2c1. The van der Waals surface area contributed by atoms with Crippen LogP contribution in [0.1, 0.15) is 11.7 Å². The van der Waals surface area contributed by atoms with Crippen molar-refractivity contribution < 1.29 is 4.42 Å². The van der Waals surface area contributed by atoms with Gasteiger partial charge in [-0.1, -0.05) is 17.7 Å². The largest absolute Gasteiger partial charge is 0.423 e. The lowest BCUT2D eigenvalue weighted by Crippen LogP contribution is -2.46. The maximum absolute atomic E-state index is 5.98. The molecule has 23 heavy (non-hydrogen) atoms. The zero-order valence-corrected chi connectivity index (χ0v) is 12.8. The number of nitrogens with zero attached hydrogens (tertiary/aromatic N) is 5. The Hall–Kier alpha value is -2.60. The van der Waals surface area contributed by atoms with Gasteiger partial charge in [0, 0.05) is 30.4 Å². The van der Waals surface area contributed by atoms with Gasteiger partial charge in [-0.2, -0.15) is 4.98 Å². The summed E-state index contributed by atoms with van der Waals surface area (Å²) < 4.78 is 7.83. The molecule has 0 saturated carbocycles. The molecule has 1 fully saturated rings. The van der Waals surface area contributed by atoms with Crippen LogP contribution in [0.3, 0.4) is 0 Å². The summed E-state index contributed by atoms with van der Waals surface area (Å²) in [5, 5.41) is 9.17. The average Bonchev–Trinajstić information content (AvgIpc) is 3.10. The quantitative estimate of drug-likeness (QED) is 0.566. The molecule has 3 aromatic heterocycles. The van der Waals surface area contributed by atoms with Crippen molar-refractivity contribution in [2.45, 2.75) is 5.92 Å². The van der Waals surface area contributed by atoms with E-state index in [9.17, 15) is 0 Å². The van der Waals surface area contributed by atoms with E-state index >= 15 is 0 Å². The maximum Gasteiger partial charge on any atom is 0.298 e. The third-order valence-electron chi connectivity index (χ3n) is 4.20. The molecule has 1 aromatic carbocycles. The van der Waals surface area contributed by atoms with Crippen LogP contribution in [0.4, 0.5) is 6.01 Å². The van der Waals surface area contributed by atoms with Crippen LogP contribution in [0.25, 0.3) is 16.7 Å². The van der Waals surface area contributed by atoms with Crippen molar-refractivity contribution in [1.82, 2.24) is 19.6 Å². The summed E-state index contributed by atoms with van der Waals surface area (Å²) in [6.07, 6.45) is 1.99. The summed E-state index contributed by atoms with van der Waals surface area (Å²) in [6, 6.07) is 12.0. The Morgan fingerprint density at radius 1 is 1.13 bits per heavy atom. The topological polar surface area (TPSA) is 59.5 Å². The van der Waals surface area contributed by atoms with E-state index in [0.29, 0.717) is 22.5 Å². The molecule has 0 bridgehead atoms. The van der Waals surface area contributed by atoms with E-state index in [1.807, 2.05) is 40.9 Å². The van der Waals surface area contributed by atoms with E-state index in [4.69, 9.17) is 16.0 Å². The van der Waals surface area contributed by atoms with Crippen molar-refractivity contribution in [3.63, 3.8) is 0 Å². The molecule has 0 N–H and O–H groups in total. The summed E-state index contributed by atoms with van der Waals surface area (Å²) in [7, 11) is 0. The van der Waals surface area contributed by atoms with Crippen LogP contribution >= 0.6 is 11.6 Å². The average molecular weight is 326 g/mol. The second-order valence-corrected chi connectivity index (χ2v) is 6.13. The molecule has 0 spiro atoms. The summed E-state index contributed by atoms with van der Waals surface area (Å²) >= 11 is 5.98. The summed E-state index contributed by atoms with van der Waals surface area (Å²) in [4.78, 5) is 6.61. The first-order valence-electron chi connectivity index (χ1n) is 7.39. The van der Waals surface area contributed by atoms with E-state index in [1.165, 1.54) is 0 Å². The number of hydrogen-bond donors (Lipinski definition) is 0. The van der Waals surface area contributed by atoms with Crippen molar-refractivity contribution >= 4 is 34.4 Å². The monoisotopic (exact) mass is 325 g/mol. The highest BCUT2D eigenvalue weighted by molar-refractivity contribution is 6.31. The molecular formula is C16H12ClN5O. The Bertz CT molecular complexity index is 1020. The van der Waals surface area contributed by atoms with Gasteiger partial charge in [0.05, 0.1) is 5.92 Å². The Kier molecular flexibility index (Phi) is 2.63. The first-order valence-corrected chi connectivity index (χ1v) is 7.76. The molecule has 4 heterocycles. The molecule has 4 aromatic rings. The van der Waals surface area contributed by atoms with Crippen LogP contribution in [0.2, 0.25) is 5.02 Å². The number of benzene rings is 1. The lowest BCUT2D eigenvalue weighted by atomic mass is 10.00. The van der Waals surface area contributed by atoms with Crippen molar-refractivity contribution in [1.29, 1.82) is 0 Å². The fraction of sp³-hybridized carbons (Fsp3) is 0.188. The Morgan fingerprint density at radius 2 is 2.04 bits per heavy atom. The van der Waals surface area contributed by atoms with Gasteiger partial charge in [0.2, 0.25) is 0 Å². The molecule has 0 unspecified atom stereocenters. The third kappa shape index (κ3) is 1.98. The molecule has 1 aliphatic rings. The minimum absolute atomic E-state index is 0.325. The van der Waals surface area contributed by atoms with E-state index in [2.05, 4.69) is 20.1 Å². The first-order chi connectivity index (χ1) is 11.3. The summed E-state index contributed by atoms with van der Waals surface area (Å²) in [5.74, 6) is 1.31. The maximum atomic E-state index is 5.98. The molecule has 7 heteroatoms. The van der Waals surface area contributed by atoms with Gasteiger partial charge < -0.3 is 9.32 Å². The molecule has 1 aliphatic heterocycles. The van der Waals surface area contributed by atoms with Crippen LogP contribution in [0, 0.1) is 0 Å². The fourth-order valence-electron chi connectivity index (χ4n) is 2.96. The van der Waals surface area contributed by atoms with Crippen molar-refractivity contribution in [3.05, 3.63) is 53.4 Å².